The lowest BCUT2D eigenvalue weighted by molar-refractivity contribution is -0.134. The van der Waals surface area contributed by atoms with Gasteiger partial charge in [-0.1, -0.05) is 6.07 Å². The fraction of sp³-hybridized carbons (Fsp3) is 0.438. The molecule has 4 amide bonds. The Morgan fingerprint density at radius 2 is 2.08 bits per heavy atom. The Kier molecular flexibility index (Phi) is 3.16. The summed E-state index contributed by atoms with van der Waals surface area (Å²) in [5.74, 6) is 0.341. The molecule has 2 fully saturated rings. The first-order valence-electron chi connectivity index (χ1n) is 7.81. The number of urea groups is 1. The standard InChI is InChI=1S/C16H17N3O5/c1-16(9-2-5-11-12(6-9)24-8-23-11)14(21)19(15(22)18-16)7-13(20)17-10-3-4-10/h2,5-6,10H,3-4,7-8H2,1H3,(H,17,20)(H,18,22)/t16-/m0/s1. The molecule has 0 aromatic heterocycles. The molecule has 1 aliphatic carbocycles. The highest BCUT2D eigenvalue weighted by atomic mass is 16.7. The topological polar surface area (TPSA) is 97.0 Å². The number of nitrogens with one attached hydrogen (secondary N) is 2. The fourth-order valence-corrected chi connectivity index (χ4v) is 2.89. The van der Waals surface area contributed by atoms with Crippen LogP contribution in [0.25, 0.3) is 0 Å². The van der Waals surface area contributed by atoms with Crippen LogP contribution in [-0.2, 0) is 15.1 Å². The predicted octanol–water partition coefficient (Wildman–Crippen LogP) is 0.461. The van der Waals surface area contributed by atoms with Crippen molar-refractivity contribution in [1.29, 1.82) is 0 Å². The molecule has 4 rings (SSSR count). The largest absolute Gasteiger partial charge is 0.454 e. The van der Waals surface area contributed by atoms with Gasteiger partial charge >= 0.3 is 6.03 Å². The minimum absolute atomic E-state index is 0.128. The number of ether oxygens (including phenoxy) is 2. The van der Waals surface area contributed by atoms with Crippen molar-refractivity contribution in [1.82, 2.24) is 15.5 Å². The van der Waals surface area contributed by atoms with Crippen molar-refractivity contribution in [2.45, 2.75) is 31.3 Å². The number of hydrogen-bond acceptors (Lipinski definition) is 5. The number of carbonyl (C=O) groups excluding carboxylic acids is 3. The molecule has 8 heteroatoms. The lowest BCUT2D eigenvalue weighted by atomic mass is 9.91. The smallest absolute Gasteiger partial charge is 0.325 e. The Balaban J connectivity index is 1.55. The van der Waals surface area contributed by atoms with Crippen LogP contribution in [0, 0.1) is 0 Å². The van der Waals surface area contributed by atoms with Gasteiger partial charge in [-0.15, -0.1) is 0 Å². The number of hydrogen-bond donors (Lipinski definition) is 2. The number of carbonyl (C=O) groups is 3. The minimum Gasteiger partial charge on any atom is -0.454 e. The van der Waals surface area contributed by atoms with E-state index in [1.54, 1.807) is 25.1 Å². The highest BCUT2D eigenvalue weighted by Crippen LogP contribution is 2.37. The number of rotatable bonds is 4. The van der Waals surface area contributed by atoms with E-state index in [-0.39, 0.29) is 25.3 Å². The molecule has 0 radical (unpaired) electrons. The fourth-order valence-electron chi connectivity index (χ4n) is 2.89. The van der Waals surface area contributed by atoms with Crippen LogP contribution in [0.3, 0.4) is 0 Å². The maximum atomic E-state index is 12.8. The molecule has 0 bridgehead atoms. The first-order chi connectivity index (χ1) is 11.5. The van der Waals surface area contributed by atoms with E-state index in [2.05, 4.69) is 10.6 Å². The Bertz CT molecular complexity index is 745. The molecule has 1 aromatic rings. The molecule has 2 heterocycles. The summed E-state index contributed by atoms with van der Waals surface area (Å²) in [6.45, 7) is 1.47. The lowest BCUT2D eigenvalue weighted by Gasteiger charge is -2.22. The number of fused-ring (bicyclic) bond motifs is 1. The summed E-state index contributed by atoms with van der Waals surface area (Å²) in [7, 11) is 0. The molecule has 1 atom stereocenters. The molecular weight excluding hydrogens is 314 g/mol. The van der Waals surface area contributed by atoms with Crippen molar-refractivity contribution in [3.8, 4) is 11.5 Å². The van der Waals surface area contributed by atoms with E-state index in [9.17, 15) is 14.4 Å². The Labute approximate surface area is 138 Å². The van der Waals surface area contributed by atoms with Crippen molar-refractivity contribution in [2.24, 2.45) is 0 Å². The Hall–Kier alpha value is -2.77. The maximum absolute atomic E-state index is 12.8. The van der Waals surface area contributed by atoms with Crippen LogP contribution in [0.5, 0.6) is 11.5 Å². The highest BCUT2D eigenvalue weighted by molar-refractivity contribution is 6.09. The van der Waals surface area contributed by atoms with Crippen molar-refractivity contribution >= 4 is 17.8 Å². The monoisotopic (exact) mass is 331 g/mol. The van der Waals surface area contributed by atoms with E-state index in [1.807, 2.05) is 0 Å². The van der Waals surface area contributed by atoms with E-state index >= 15 is 0 Å². The second kappa shape index (κ2) is 5.12. The third-order valence-electron chi connectivity index (χ3n) is 4.47. The quantitative estimate of drug-likeness (QED) is 0.781. The Morgan fingerprint density at radius 1 is 1.33 bits per heavy atom. The lowest BCUT2D eigenvalue weighted by Crippen LogP contribution is -2.43. The number of imide groups is 1. The zero-order valence-electron chi connectivity index (χ0n) is 13.1. The Morgan fingerprint density at radius 3 is 2.83 bits per heavy atom. The minimum atomic E-state index is -1.24. The molecule has 126 valence electrons. The van der Waals surface area contributed by atoms with Crippen LogP contribution in [0.15, 0.2) is 18.2 Å². The van der Waals surface area contributed by atoms with E-state index in [4.69, 9.17) is 9.47 Å². The first-order valence-corrected chi connectivity index (χ1v) is 7.81. The molecular formula is C16H17N3O5. The van der Waals surface area contributed by atoms with E-state index < -0.39 is 17.5 Å². The SMILES string of the molecule is C[C@@]1(c2ccc3c(c2)OCO3)NC(=O)N(CC(=O)NC2CC2)C1=O. The molecule has 24 heavy (non-hydrogen) atoms. The maximum Gasteiger partial charge on any atom is 0.325 e. The van der Waals surface area contributed by atoms with E-state index in [0.29, 0.717) is 17.1 Å². The van der Waals surface area contributed by atoms with E-state index in [0.717, 1.165) is 17.7 Å². The number of nitrogens with zero attached hydrogens (tertiary/aromatic N) is 1. The van der Waals surface area contributed by atoms with Gasteiger partial charge < -0.3 is 20.1 Å². The van der Waals surface area contributed by atoms with Gasteiger partial charge in [0.05, 0.1) is 0 Å². The molecule has 2 aliphatic heterocycles. The predicted molar refractivity (Wildman–Crippen MR) is 81.3 cm³/mol. The summed E-state index contributed by atoms with van der Waals surface area (Å²) in [4.78, 5) is 37.8. The molecule has 8 nitrogen and oxygen atoms in total. The van der Waals surface area contributed by atoms with Crippen LogP contribution >= 0.6 is 0 Å². The van der Waals surface area contributed by atoms with Gasteiger partial charge in [-0.05, 0) is 37.5 Å². The first kappa shape index (κ1) is 14.8. The molecule has 1 saturated heterocycles. The molecule has 1 saturated carbocycles. The number of benzene rings is 1. The zero-order valence-corrected chi connectivity index (χ0v) is 13.1. The summed E-state index contributed by atoms with van der Waals surface area (Å²) in [6.07, 6.45) is 1.89. The average Bonchev–Trinajstić information content (AvgIpc) is 3.18. The van der Waals surface area contributed by atoms with Crippen molar-refractivity contribution in [3.63, 3.8) is 0 Å². The van der Waals surface area contributed by atoms with Crippen molar-refractivity contribution in [3.05, 3.63) is 23.8 Å². The van der Waals surface area contributed by atoms with Crippen molar-refractivity contribution < 1.29 is 23.9 Å². The van der Waals surface area contributed by atoms with E-state index in [1.165, 1.54) is 0 Å². The molecule has 1 aromatic carbocycles. The summed E-state index contributed by atoms with van der Waals surface area (Å²) in [5, 5.41) is 5.45. The van der Waals surface area contributed by atoms with Crippen LogP contribution in [0.1, 0.15) is 25.3 Å². The summed E-state index contributed by atoms with van der Waals surface area (Å²) < 4.78 is 10.6. The van der Waals surface area contributed by atoms with Gasteiger partial charge in [0.2, 0.25) is 12.7 Å². The second-order valence-corrected chi connectivity index (χ2v) is 6.36. The average molecular weight is 331 g/mol. The summed E-state index contributed by atoms with van der Waals surface area (Å²) >= 11 is 0. The van der Waals surface area contributed by atoms with Gasteiger partial charge in [-0.3, -0.25) is 14.5 Å². The van der Waals surface area contributed by atoms with Gasteiger partial charge in [-0.25, -0.2) is 4.79 Å². The summed E-state index contributed by atoms with van der Waals surface area (Å²) in [5.41, 5.74) is -0.659. The molecule has 2 N–H and O–H groups in total. The highest BCUT2D eigenvalue weighted by Gasteiger charge is 2.50. The molecule has 3 aliphatic rings. The normalized spacial score (nSPS) is 25.0. The van der Waals surface area contributed by atoms with Gasteiger partial charge in [0.25, 0.3) is 5.91 Å². The third-order valence-corrected chi connectivity index (χ3v) is 4.47. The third kappa shape index (κ3) is 2.34. The van der Waals surface area contributed by atoms with Crippen LogP contribution in [0.4, 0.5) is 4.79 Å². The van der Waals surface area contributed by atoms with Gasteiger partial charge in [0.15, 0.2) is 11.5 Å². The van der Waals surface area contributed by atoms with Gasteiger partial charge in [0.1, 0.15) is 12.1 Å². The zero-order chi connectivity index (χ0) is 16.9. The van der Waals surface area contributed by atoms with Gasteiger partial charge in [0, 0.05) is 6.04 Å². The van der Waals surface area contributed by atoms with Crippen LogP contribution < -0.4 is 20.1 Å². The van der Waals surface area contributed by atoms with Crippen LogP contribution in [-0.4, -0.2) is 42.1 Å². The van der Waals surface area contributed by atoms with Crippen LogP contribution in [0.2, 0.25) is 0 Å². The van der Waals surface area contributed by atoms with Crippen molar-refractivity contribution in [2.75, 3.05) is 13.3 Å². The van der Waals surface area contributed by atoms with Gasteiger partial charge in [-0.2, -0.15) is 0 Å². The molecule has 0 unspecified atom stereocenters. The number of amides is 4. The summed E-state index contributed by atoms with van der Waals surface area (Å²) in [6, 6.07) is 4.68. The second-order valence-electron chi connectivity index (χ2n) is 6.36. The molecule has 0 spiro atoms.